The molecule has 0 aliphatic rings. The second kappa shape index (κ2) is 8.69. The van der Waals surface area contributed by atoms with Crippen LogP contribution in [0, 0.1) is 6.92 Å². The summed E-state index contributed by atoms with van der Waals surface area (Å²) in [6, 6.07) is 10.1. The smallest absolute Gasteiger partial charge is 0.230 e. The zero-order chi connectivity index (χ0) is 14.9. The molecule has 4 nitrogen and oxygen atoms in total. The molecule has 0 atom stereocenters. The second-order valence-electron chi connectivity index (χ2n) is 4.33. The molecule has 2 rings (SSSR count). The van der Waals surface area contributed by atoms with Crippen LogP contribution >= 0.6 is 23.5 Å². The van der Waals surface area contributed by atoms with E-state index in [9.17, 15) is 4.79 Å². The Morgan fingerprint density at radius 2 is 1.86 bits per heavy atom. The molecule has 1 aromatic carbocycles. The van der Waals surface area contributed by atoms with E-state index < -0.39 is 0 Å². The predicted molar refractivity (Wildman–Crippen MR) is 87.7 cm³/mol. The van der Waals surface area contributed by atoms with Gasteiger partial charge in [0.05, 0.1) is 5.75 Å². The van der Waals surface area contributed by atoms with Gasteiger partial charge in [-0.25, -0.2) is 9.97 Å². The fourth-order valence-corrected chi connectivity index (χ4v) is 2.94. The van der Waals surface area contributed by atoms with Crippen molar-refractivity contribution in [3.8, 4) is 0 Å². The van der Waals surface area contributed by atoms with E-state index >= 15 is 0 Å². The Kier molecular flexibility index (Phi) is 6.56. The van der Waals surface area contributed by atoms with Crippen LogP contribution in [0.3, 0.4) is 0 Å². The van der Waals surface area contributed by atoms with Gasteiger partial charge in [0.25, 0.3) is 0 Å². The van der Waals surface area contributed by atoms with Crippen LogP contribution in [0.4, 0.5) is 0 Å². The number of hydrogen-bond acceptors (Lipinski definition) is 5. The third-order valence-corrected chi connectivity index (χ3v) is 4.48. The minimum atomic E-state index is 0.0111. The molecule has 1 N–H and O–H groups in total. The molecule has 0 saturated carbocycles. The molecule has 1 aromatic heterocycles. The van der Waals surface area contributed by atoms with Gasteiger partial charge in [0, 0.05) is 29.6 Å². The van der Waals surface area contributed by atoms with Gasteiger partial charge in [-0.15, -0.1) is 11.8 Å². The van der Waals surface area contributed by atoms with Gasteiger partial charge in [-0.05, 0) is 25.1 Å². The SMILES string of the molecule is Cc1ccc(SCCNC(=O)CSc2ncccn2)cc1. The van der Waals surface area contributed by atoms with Crippen molar-refractivity contribution in [2.24, 2.45) is 0 Å². The highest BCUT2D eigenvalue weighted by Crippen LogP contribution is 2.17. The highest BCUT2D eigenvalue weighted by molar-refractivity contribution is 7.99. The zero-order valence-corrected chi connectivity index (χ0v) is 13.4. The van der Waals surface area contributed by atoms with Crippen LogP contribution in [-0.2, 0) is 4.79 Å². The molecule has 21 heavy (non-hydrogen) atoms. The molecule has 2 aromatic rings. The third kappa shape index (κ3) is 6.18. The Morgan fingerprint density at radius 1 is 1.14 bits per heavy atom. The van der Waals surface area contributed by atoms with Crippen molar-refractivity contribution in [2.75, 3.05) is 18.1 Å². The summed E-state index contributed by atoms with van der Waals surface area (Å²) in [5.74, 6) is 1.22. The van der Waals surface area contributed by atoms with Gasteiger partial charge in [0.15, 0.2) is 5.16 Å². The molecule has 0 bridgehead atoms. The highest BCUT2D eigenvalue weighted by Gasteiger charge is 2.03. The molecule has 0 spiro atoms. The highest BCUT2D eigenvalue weighted by atomic mass is 32.2. The molecule has 110 valence electrons. The molecule has 0 unspecified atom stereocenters. The number of benzene rings is 1. The Morgan fingerprint density at radius 3 is 2.57 bits per heavy atom. The van der Waals surface area contributed by atoms with Crippen LogP contribution in [-0.4, -0.2) is 33.9 Å². The number of rotatable bonds is 7. The molecular formula is C15H17N3OS2. The molecule has 1 heterocycles. The van der Waals surface area contributed by atoms with Crippen LogP contribution in [0.15, 0.2) is 52.8 Å². The first-order valence-electron chi connectivity index (χ1n) is 6.60. The Bertz CT molecular complexity index is 561. The number of aromatic nitrogens is 2. The summed E-state index contributed by atoms with van der Waals surface area (Å²) in [6.07, 6.45) is 3.34. The van der Waals surface area contributed by atoms with Crippen molar-refractivity contribution >= 4 is 29.4 Å². The van der Waals surface area contributed by atoms with E-state index in [0.29, 0.717) is 17.5 Å². The maximum atomic E-state index is 11.7. The van der Waals surface area contributed by atoms with Gasteiger partial charge in [0.1, 0.15) is 0 Å². The minimum absolute atomic E-state index is 0.0111. The Hall–Kier alpha value is -1.53. The van der Waals surface area contributed by atoms with E-state index in [-0.39, 0.29) is 5.91 Å². The number of carbonyl (C=O) groups is 1. The Balaban J connectivity index is 1.60. The summed E-state index contributed by atoms with van der Waals surface area (Å²) in [6.45, 7) is 2.73. The summed E-state index contributed by atoms with van der Waals surface area (Å²) in [7, 11) is 0. The van der Waals surface area contributed by atoms with E-state index in [1.54, 1.807) is 30.2 Å². The van der Waals surface area contributed by atoms with Crippen molar-refractivity contribution < 1.29 is 4.79 Å². The summed E-state index contributed by atoms with van der Waals surface area (Å²) < 4.78 is 0. The minimum Gasteiger partial charge on any atom is -0.355 e. The first-order valence-corrected chi connectivity index (χ1v) is 8.57. The summed E-state index contributed by atoms with van der Waals surface area (Å²) in [5, 5.41) is 3.52. The number of amides is 1. The number of carbonyl (C=O) groups excluding carboxylic acids is 1. The third-order valence-electron chi connectivity index (χ3n) is 2.59. The van der Waals surface area contributed by atoms with Gasteiger partial charge in [-0.3, -0.25) is 4.79 Å². The van der Waals surface area contributed by atoms with Gasteiger partial charge in [-0.2, -0.15) is 0 Å². The number of thioether (sulfide) groups is 2. The standard InChI is InChI=1S/C15H17N3OS2/c1-12-3-5-13(6-4-12)20-10-9-16-14(19)11-21-15-17-7-2-8-18-15/h2-8H,9-11H2,1H3,(H,16,19). The lowest BCUT2D eigenvalue weighted by Gasteiger charge is -2.05. The van der Waals surface area contributed by atoms with Crippen LogP contribution in [0.2, 0.25) is 0 Å². The number of nitrogens with zero attached hydrogens (tertiary/aromatic N) is 2. The van der Waals surface area contributed by atoms with Gasteiger partial charge in [0.2, 0.25) is 5.91 Å². The lowest BCUT2D eigenvalue weighted by atomic mass is 10.2. The zero-order valence-electron chi connectivity index (χ0n) is 11.8. The monoisotopic (exact) mass is 319 g/mol. The topological polar surface area (TPSA) is 54.9 Å². The fourth-order valence-electron chi connectivity index (χ4n) is 1.53. The van der Waals surface area contributed by atoms with E-state index in [0.717, 1.165) is 5.75 Å². The molecule has 0 aliphatic heterocycles. The lowest BCUT2D eigenvalue weighted by molar-refractivity contribution is -0.118. The fraction of sp³-hybridized carbons (Fsp3) is 0.267. The number of aryl methyl sites for hydroxylation is 1. The molecule has 1 amide bonds. The van der Waals surface area contributed by atoms with Crippen molar-refractivity contribution in [2.45, 2.75) is 17.0 Å². The van der Waals surface area contributed by atoms with E-state index in [4.69, 9.17) is 0 Å². The maximum absolute atomic E-state index is 11.7. The number of nitrogens with one attached hydrogen (secondary N) is 1. The molecule has 6 heteroatoms. The molecule has 0 radical (unpaired) electrons. The van der Waals surface area contributed by atoms with Crippen molar-refractivity contribution in [1.29, 1.82) is 0 Å². The lowest BCUT2D eigenvalue weighted by Crippen LogP contribution is -2.27. The Labute approximate surface area is 133 Å². The van der Waals surface area contributed by atoms with E-state index in [2.05, 4.69) is 46.5 Å². The van der Waals surface area contributed by atoms with Gasteiger partial charge < -0.3 is 5.32 Å². The molecule has 0 saturated heterocycles. The molecular weight excluding hydrogens is 302 g/mol. The average molecular weight is 319 g/mol. The van der Waals surface area contributed by atoms with E-state index in [1.807, 2.05) is 0 Å². The van der Waals surface area contributed by atoms with Crippen LogP contribution in [0.25, 0.3) is 0 Å². The van der Waals surface area contributed by atoms with E-state index in [1.165, 1.54) is 22.2 Å². The number of hydrogen-bond donors (Lipinski definition) is 1. The summed E-state index contributed by atoms with van der Waals surface area (Å²) in [4.78, 5) is 21.0. The molecule has 0 fully saturated rings. The first kappa shape index (κ1) is 15.9. The maximum Gasteiger partial charge on any atom is 0.230 e. The largest absolute Gasteiger partial charge is 0.355 e. The van der Waals surface area contributed by atoms with Crippen LogP contribution < -0.4 is 5.32 Å². The van der Waals surface area contributed by atoms with Crippen LogP contribution in [0.1, 0.15) is 5.56 Å². The van der Waals surface area contributed by atoms with Crippen molar-refractivity contribution in [3.05, 3.63) is 48.3 Å². The van der Waals surface area contributed by atoms with Crippen molar-refractivity contribution in [3.63, 3.8) is 0 Å². The predicted octanol–water partition coefficient (Wildman–Crippen LogP) is 2.79. The van der Waals surface area contributed by atoms with Crippen LogP contribution in [0.5, 0.6) is 0 Å². The quantitative estimate of drug-likeness (QED) is 0.483. The van der Waals surface area contributed by atoms with Crippen molar-refractivity contribution in [1.82, 2.24) is 15.3 Å². The first-order chi connectivity index (χ1) is 10.2. The molecule has 0 aliphatic carbocycles. The summed E-state index contributed by atoms with van der Waals surface area (Å²) >= 11 is 3.08. The summed E-state index contributed by atoms with van der Waals surface area (Å²) in [5.41, 5.74) is 1.26. The van der Waals surface area contributed by atoms with Gasteiger partial charge >= 0.3 is 0 Å². The van der Waals surface area contributed by atoms with Gasteiger partial charge in [-0.1, -0.05) is 29.5 Å². The normalized spacial score (nSPS) is 10.3. The average Bonchev–Trinajstić information content (AvgIpc) is 2.52. The second-order valence-corrected chi connectivity index (χ2v) is 6.44.